The minimum atomic E-state index is -0.921. The van der Waals surface area contributed by atoms with Gasteiger partial charge in [-0.3, -0.25) is 4.21 Å². The van der Waals surface area contributed by atoms with Crippen LogP contribution in [0.5, 0.6) is 0 Å². The summed E-state index contributed by atoms with van der Waals surface area (Å²) in [5.41, 5.74) is 2.15. The van der Waals surface area contributed by atoms with Crippen LogP contribution >= 0.6 is 0 Å². The highest BCUT2D eigenvalue weighted by Crippen LogP contribution is 2.42. The maximum atomic E-state index is 11.5. The number of rotatable bonds is 6. The van der Waals surface area contributed by atoms with E-state index in [-0.39, 0.29) is 6.04 Å². The summed E-state index contributed by atoms with van der Waals surface area (Å²) in [5, 5.41) is 4.82. The largest absolute Gasteiger partial charge is 0.459 e. The molecule has 24 heavy (non-hydrogen) atoms. The topological polar surface area (TPSA) is 42.2 Å². The summed E-state index contributed by atoms with van der Waals surface area (Å²) in [6.45, 7) is 0.787. The van der Waals surface area contributed by atoms with Gasteiger partial charge in [0.1, 0.15) is 11.3 Å². The number of furan rings is 1. The van der Waals surface area contributed by atoms with Gasteiger partial charge in [0.25, 0.3) is 0 Å². The van der Waals surface area contributed by atoms with Crippen LogP contribution in [0, 0.1) is 5.92 Å². The lowest BCUT2D eigenvalue weighted by atomic mass is 10.1. The average Bonchev–Trinajstić information content (AvgIpc) is 3.33. The molecule has 2 atom stereocenters. The molecule has 4 heteroatoms. The molecule has 1 fully saturated rings. The van der Waals surface area contributed by atoms with Crippen molar-refractivity contribution in [3.05, 3.63) is 65.9 Å². The lowest BCUT2D eigenvalue weighted by molar-refractivity contribution is 0.395. The number of nitrogens with one attached hydrogen (secondary N) is 1. The van der Waals surface area contributed by atoms with E-state index in [0.29, 0.717) is 5.92 Å². The van der Waals surface area contributed by atoms with Crippen LogP contribution in [0.15, 0.2) is 63.9 Å². The van der Waals surface area contributed by atoms with Gasteiger partial charge >= 0.3 is 0 Å². The fraction of sp³-hybridized carbons (Fsp3) is 0.300. The zero-order chi connectivity index (χ0) is 16.5. The molecular weight excluding hydrogens is 318 g/mol. The number of para-hydroxylation sites is 1. The van der Waals surface area contributed by atoms with Crippen LogP contribution in [0.1, 0.15) is 30.2 Å². The van der Waals surface area contributed by atoms with Crippen LogP contribution in [0.4, 0.5) is 0 Å². The molecule has 3 nitrogen and oxygen atoms in total. The van der Waals surface area contributed by atoms with Gasteiger partial charge in [0, 0.05) is 33.9 Å². The summed E-state index contributed by atoms with van der Waals surface area (Å²) in [5.74, 6) is 1.69. The second-order valence-electron chi connectivity index (χ2n) is 6.48. The average molecular weight is 339 g/mol. The molecule has 2 unspecified atom stereocenters. The normalized spacial score (nSPS) is 17.0. The maximum absolute atomic E-state index is 11.5. The molecule has 0 saturated heterocycles. The third-order valence-electron chi connectivity index (χ3n) is 4.63. The van der Waals surface area contributed by atoms with Crippen molar-refractivity contribution in [1.82, 2.24) is 5.32 Å². The molecule has 0 amide bonds. The van der Waals surface area contributed by atoms with Gasteiger partial charge in [-0.1, -0.05) is 30.3 Å². The predicted molar refractivity (Wildman–Crippen MR) is 97.3 cm³/mol. The summed E-state index contributed by atoms with van der Waals surface area (Å²) in [6.07, 6.45) is 4.21. The van der Waals surface area contributed by atoms with E-state index in [1.807, 2.05) is 42.5 Å². The van der Waals surface area contributed by atoms with Crippen molar-refractivity contribution in [2.45, 2.75) is 30.3 Å². The smallest absolute Gasteiger partial charge is 0.134 e. The van der Waals surface area contributed by atoms with Gasteiger partial charge in [-0.15, -0.1) is 0 Å². The first-order valence-electron chi connectivity index (χ1n) is 8.35. The van der Waals surface area contributed by atoms with Gasteiger partial charge in [-0.2, -0.15) is 0 Å². The second-order valence-corrected chi connectivity index (χ2v) is 7.86. The van der Waals surface area contributed by atoms with Crippen LogP contribution in [-0.4, -0.2) is 10.5 Å². The van der Waals surface area contributed by atoms with Gasteiger partial charge in [0.15, 0.2) is 0 Å². The lowest BCUT2D eigenvalue weighted by Gasteiger charge is -2.16. The lowest BCUT2D eigenvalue weighted by Crippen LogP contribution is -2.22. The Bertz CT molecular complexity index is 832. The summed E-state index contributed by atoms with van der Waals surface area (Å²) < 4.78 is 17.5. The van der Waals surface area contributed by atoms with Crippen LogP contribution < -0.4 is 5.32 Å². The number of hydrogen-bond donors (Lipinski definition) is 1. The Morgan fingerprint density at radius 2 is 1.92 bits per heavy atom. The van der Waals surface area contributed by atoms with E-state index in [0.717, 1.165) is 28.2 Å². The SMILES string of the molecule is CS(=O)c1ccc(CNC(c2cc3ccccc3o2)C2CC2)cc1. The molecule has 0 spiro atoms. The molecule has 2 aromatic carbocycles. The summed E-state index contributed by atoms with van der Waals surface area (Å²) >= 11 is 0. The van der Waals surface area contributed by atoms with Gasteiger partial charge in [-0.25, -0.2) is 0 Å². The fourth-order valence-corrected chi connectivity index (χ4v) is 3.63. The molecule has 1 saturated carbocycles. The van der Waals surface area contributed by atoms with Gasteiger partial charge in [0.05, 0.1) is 6.04 Å². The molecule has 1 heterocycles. The standard InChI is InChI=1S/C20H21NO2S/c1-24(22)17-10-6-14(7-11-17)13-21-20(15-8-9-15)19-12-16-4-2-3-5-18(16)23-19/h2-7,10-12,15,20-21H,8-9,13H2,1H3. The van der Waals surface area contributed by atoms with Crippen LogP contribution in [-0.2, 0) is 17.3 Å². The Morgan fingerprint density at radius 3 is 2.58 bits per heavy atom. The molecule has 4 rings (SSSR count). The van der Waals surface area contributed by atoms with Crippen LogP contribution in [0.3, 0.4) is 0 Å². The van der Waals surface area contributed by atoms with E-state index in [4.69, 9.17) is 4.42 Å². The second kappa shape index (κ2) is 6.54. The first kappa shape index (κ1) is 15.6. The van der Waals surface area contributed by atoms with Gasteiger partial charge < -0.3 is 9.73 Å². The van der Waals surface area contributed by atoms with Crippen molar-refractivity contribution in [2.75, 3.05) is 6.26 Å². The molecule has 1 aromatic heterocycles. The van der Waals surface area contributed by atoms with E-state index in [1.165, 1.54) is 18.4 Å². The monoisotopic (exact) mass is 339 g/mol. The van der Waals surface area contributed by atoms with Gasteiger partial charge in [-0.05, 0) is 48.6 Å². The minimum absolute atomic E-state index is 0.261. The molecule has 0 radical (unpaired) electrons. The molecule has 1 N–H and O–H groups in total. The molecule has 1 aliphatic carbocycles. The Balaban J connectivity index is 1.50. The number of hydrogen-bond acceptors (Lipinski definition) is 3. The highest BCUT2D eigenvalue weighted by atomic mass is 32.2. The first-order valence-corrected chi connectivity index (χ1v) is 9.91. The number of fused-ring (bicyclic) bond motifs is 1. The minimum Gasteiger partial charge on any atom is -0.459 e. The molecule has 0 aliphatic heterocycles. The van der Waals surface area contributed by atoms with E-state index in [9.17, 15) is 4.21 Å². The molecular formula is C20H21NO2S. The fourth-order valence-electron chi connectivity index (χ4n) is 3.11. The third kappa shape index (κ3) is 3.30. The Hall–Kier alpha value is -1.91. The van der Waals surface area contributed by atoms with Crippen molar-refractivity contribution >= 4 is 21.8 Å². The van der Waals surface area contributed by atoms with Crippen molar-refractivity contribution in [3.8, 4) is 0 Å². The third-order valence-corrected chi connectivity index (χ3v) is 5.56. The van der Waals surface area contributed by atoms with E-state index < -0.39 is 10.8 Å². The predicted octanol–water partition coefficient (Wildman–Crippen LogP) is 4.41. The number of benzene rings is 2. The Morgan fingerprint density at radius 1 is 1.17 bits per heavy atom. The highest BCUT2D eigenvalue weighted by molar-refractivity contribution is 7.84. The summed E-state index contributed by atoms with van der Waals surface area (Å²) in [7, 11) is -0.921. The molecule has 0 bridgehead atoms. The van der Waals surface area contributed by atoms with Crippen molar-refractivity contribution in [3.63, 3.8) is 0 Å². The quantitative estimate of drug-likeness (QED) is 0.723. The molecule has 124 valence electrons. The molecule has 3 aromatic rings. The van der Waals surface area contributed by atoms with E-state index in [2.05, 4.69) is 17.4 Å². The first-order chi connectivity index (χ1) is 11.7. The van der Waals surface area contributed by atoms with E-state index in [1.54, 1.807) is 6.26 Å². The van der Waals surface area contributed by atoms with E-state index >= 15 is 0 Å². The maximum Gasteiger partial charge on any atom is 0.134 e. The van der Waals surface area contributed by atoms with Crippen LogP contribution in [0.25, 0.3) is 11.0 Å². The molecule has 1 aliphatic rings. The zero-order valence-electron chi connectivity index (χ0n) is 13.7. The van der Waals surface area contributed by atoms with Crippen molar-refractivity contribution in [1.29, 1.82) is 0 Å². The Labute approximate surface area is 144 Å². The summed E-state index contributed by atoms with van der Waals surface area (Å²) in [4.78, 5) is 0.870. The van der Waals surface area contributed by atoms with Crippen LogP contribution in [0.2, 0.25) is 0 Å². The van der Waals surface area contributed by atoms with Crippen molar-refractivity contribution < 1.29 is 8.63 Å². The van der Waals surface area contributed by atoms with Gasteiger partial charge in [0.2, 0.25) is 0 Å². The zero-order valence-corrected chi connectivity index (χ0v) is 14.5. The highest BCUT2D eigenvalue weighted by Gasteiger charge is 2.34. The summed E-state index contributed by atoms with van der Waals surface area (Å²) in [6, 6.07) is 18.6. The van der Waals surface area contributed by atoms with Crippen molar-refractivity contribution in [2.24, 2.45) is 5.92 Å². The Kier molecular flexibility index (Phi) is 4.25.